The van der Waals surface area contributed by atoms with Crippen LogP contribution in [-0.2, 0) is 4.79 Å². The molecular formula is C20H29N3O2. The Hall–Kier alpha value is -1.85. The van der Waals surface area contributed by atoms with Crippen molar-refractivity contribution in [2.75, 3.05) is 44.6 Å². The Morgan fingerprint density at radius 2 is 1.96 bits per heavy atom. The third kappa shape index (κ3) is 5.31. The standard InChI is InChI=1S/C20H29N3O2/c1-2-25-19-10-8-17(9-11-19)21-20(24)16-22-12-14-23(15-13-22)18-6-4-3-5-7-18/h4,6,8-11,18H,2-3,5,7,12-16H2,1H3,(H,21,24)/t18-/m0/s1. The average Bonchev–Trinajstić information content (AvgIpc) is 2.65. The van der Waals surface area contributed by atoms with E-state index >= 15 is 0 Å². The molecule has 0 spiro atoms. The summed E-state index contributed by atoms with van der Waals surface area (Å²) in [5.41, 5.74) is 0.819. The highest BCUT2D eigenvalue weighted by Gasteiger charge is 2.23. The lowest BCUT2D eigenvalue weighted by atomic mass is 10.0. The van der Waals surface area contributed by atoms with Crippen molar-refractivity contribution in [3.05, 3.63) is 36.4 Å². The molecule has 1 aromatic carbocycles. The number of nitrogens with zero attached hydrogens (tertiary/aromatic N) is 2. The van der Waals surface area contributed by atoms with Crippen molar-refractivity contribution in [3.8, 4) is 5.75 Å². The topological polar surface area (TPSA) is 44.8 Å². The van der Waals surface area contributed by atoms with Gasteiger partial charge in [-0.3, -0.25) is 14.6 Å². The van der Waals surface area contributed by atoms with Crippen LogP contribution in [0.25, 0.3) is 0 Å². The van der Waals surface area contributed by atoms with Crippen LogP contribution in [0, 0.1) is 0 Å². The smallest absolute Gasteiger partial charge is 0.238 e. The van der Waals surface area contributed by atoms with Crippen LogP contribution >= 0.6 is 0 Å². The Labute approximate surface area is 150 Å². The number of benzene rings is 1. The molecule has 1 saturated heterocycles. The number of rotatable bonds is 6. The third-order valence-corrected chi connectivity index (χ3v) is 4.92. The van der Waals surface area contributed by atoms with Gasteiger partial charge in [0.1, 0.15) is 5.75 Å². The number of carbonyl (C=O) groups excluding carboxylic acids is 1. The third-order valence-electron chi connectivity index (χ3n) is 4.92. The van der Waals surface area contributed by atoms with Gasteiger partial charge in [-0.05, 0) is 50.5 Å². The van der Waals surface area contributed by atoms with Crippen molar-refractivity contribution in [2.45, 2.75) is 32.2 Å². The quantitative estimate of drug-likeness (QED) is 0.807. The van der Waals surface area contributed by atoms with Gasteiger partial charge in [0, 0.05) is 37.9 Å². The van der Waals surface area contributed by atoms with Crippen molar-refractivity contribution in [2.24, 2.45) is 0 Å². The van der Waals surface area contributed by atoms with Gasteiger partial charge >= 0.3 is 0 Å². The van der Waals surface area contributed by atoms with E-state index in [1.54, 1.807) is 0 Å². The highest BCUT2D eigenvalue weighted by Crippen LogP contribution is 2.18. The maximum absolute atomic E-state index is 12.3. The number of anilines is 1. The molecule has 1 aliphatic carbocycles. The molecule has 1 aromatic rings. The van der Waals surface area contributed by atoms with Crippen LogP contribution in [-0.4, -0.2) is 61.1 Å². The zero-order valence-electron chi connectivity index (χ0n) is 15.1. The van der Waals surface area contributed by atoms with Gasteiger partial charge in [0.25, 0.3) is 0 Å². The van der Waals surface area contributed by atoms with Crippen LogP contribution in [0.1, 0.15) is 26.2 Å². The number of carbonyl (C=O) groups is 1. The molecule has 1 amide bonds. The first-order chi connectivity index (χ1) is 12.2. The molecule has 1 heterocycles. The van der Waals surface area contributed by atoms with E-state index in [9.17, 15) is 4.79 Å². The van der Waals surface area contributed by atoms with Gasteiger partial charge in [0.15, 0.2) is 0 Å². The maximum Gasteiger partial charge on any atom is 0.238 e. The molecule has 0 saturated carbocycles. The first-order valence-corrected chi connectivity index (χ1v) is 9.40. The van der Waals surface area contributed by atoms with E-state index in [-0.39, 0.29) is 5.91 Å². The van der Waals surface area contributed by atoms with Gasteiger partial charge in [-0.2, -0.15) is 0 Å². The summed E-state index contributed by atoms with van der Waals surface area (Å²) in [7, 11) is 0. The Kier molecular flexibility index (Phi) is 6.48. The second-order valence-electron chi connectivity index (χ2n) is 6.74. The van der Waals surface area contributed by atoms with Crippen LogP contribution in [0.4, 0.5) is 5.69 Å². The van der Waals surface area contributed by atoms with Gasteiger partial charge in [-0.25, -0.2) is 0 Å². The molecule has 5 nitrogen and oxygen atoms in total. The lowest BCUT2D eigenvalue weighted by Crippen LogP contribution is -2.51. The molecule has 0 aromatic heterocycles. The summed E-state index contributed by atoms with van der Waals surface area (Å²) in [6, 6.07) is 8.14. The Bertz CT molecular complexity index is 577. The van der Waals surface area contributed by atoms with Crippen LogP contribution < -0.4 is 10.1 Å². The molecule has 5 heteroatoms. The summed E-state index contributed by atoms with van der Waals surface area (Å²) in [4.78, 5) is 17.1. The van der Waals surface area contributed by atoms with Gasteiger partial charge in [-0.1, -0.05) is 12.2 Å². The van der Waals surface area contributed by atoms with Crippen molar-refractivity contribution in [3.63, 3.8) is 0 Å². The average molecular weight is 343 g/mol. The Balaban J connectivity index is 1.41. The molecule has 1 N–H and O–H groups in total. The SMILES string of the molecule is CCOc1ccc(NC(=O)CN2CCN([C@H]3C=CCCC3)CC2)cc1. The summed E-state index contributed by atoms with van der Waals surface area (Å²) in [5, 5.41) is 2.97. The van der Waals surface area contributed by atoms with Crippen molar-refractivity contribution in [1.29, 1.82) is 0 Å². The lowest BCUT2D eigenvalue weighted by Gasteiger charge is -2.38. The highest BCUT2D eigenvalue weighted by atomic mass is 16.5. The maximum atomic E-state index is 12.3. The number of hydrogen-bond acceptors (Lipinski definition) is 4. The van der Waals surface area contributed by atoms with E-state index < -0.39 is 0 Å². The molecule has 2 aliphatic rings. The zero-order valence-corrected chi connectivity index (χ0v) is 15.1. The summed E-state index contributed by atoms with van der Waals surface area (Å²) < 4.78 is 5.42. The second kappa shape index (κ2) is 9.02. The fraction of sp³-hybridized carbons (Fsp3) is 0.550. The van der Waals surface area contributed by atoms with Gasteiger partial charge in [0.05, 0.1) is 13.2 Å². The van der Waals surface area contributed by atoms with E-state index in [0.717, 1.165) is 37.6 Å². The number of nitrogens with one attached hydrogen (secondary N) is 1. The van der Waals surface area contributed by atoms with E-state index in [1.807, 2.05) is 31.2 Å². The Morgan fingerprint density at radius 1 is 1.20 bits per heavy atom. The molecule has 25 heavy (non-hydrogen) atoms. The number of piperazine rings is 1. The van der Waals surface area contributed by atoms with E-state index in [2.05, 4.69) is 27.3 Å². The predicted molar refractivity (Wildman–Crippen MR) is 101 cm³/mol. The molecule has 0 bridgehead atoms. The lowest BCUT2D eigenvalue weighted by molar-refractivity contribution is -0.117. The van der Waals surface area contributed by atoms with E-state index in [0.29, 0.717) is 19.2 Å². The summed E-state index contributed by atoms with van der Waals surface area (Å²) >= 11 is 0. The van der Waals surface area contributed by atoms with E-state index in [4.69, 9.17) is 4.74 Å². The second-order valence-corrected chi connectivity index (χ2v) is 6.74. The zero-order chi connectivity index (χ0) is 17.5. The molecule has 136 valence electrons. The molecule has 1 aliphatic heterocycles. The molecule has 3 rings (SSSR count). The monoisotopic (exact) mass is 343 g/mol. The Morgan fingerprint density at radius 3 is 2.60 bits per heavy atom. The first-order valence-electron chi connectivity index (χ1n) is 9.40. The van der Waals surface area contributed by atoms with Crippen molar-refractivity contribution in [1.82, 2.24) is 9.80 Å². The summed E-state index contributed by atoms with van der Waals surface area (Å²) in [6.45, 7) is 7.08. The van der Waals surface area contributed by atoms with Crippen molar-refractivity contribution >= 4 is 11.6 Å². The highest BCUT2D eigenvalue weighted by molar-refractivity contribution is 5.92. The fourth-order valence-electron chi connectivity index (χ4n) is 3.56. The molecule has 1 fully saturated rings. The molecule has 0 radical (unpaired) electrons. The molecular weight excluding hydrogens is 314 g/mol. The number of hydrogen-bond donors (Lipinski definition) is 1. The van der Waals surface area contributed by atoms with Crippen molar-refractivity contribution < 1.29 is 9.53 Å². The first kappa shape index (κ1) is 18.0. The van der Waals surface area contributed by atoms with Gasteiger partial charge in [-0.15, -0.1) is 0 Å². The predicted octanol–water partition coefficient (Wildman–Crippen LogP) is 2.75. The molecule has 1 atom stereocenters. The van der Waals surface area contributed by atoms with Crippen LogP contribution in [0.5, 0.6) is 5.75 Å². The normalized spacial score (nSPS) is 21.9. The summed E-state index contributed by atoms with van der Waals surface area (Å²) in [5.74, 6) is 0.878. The summed E-state index contributed by atoms with van der Waals surface area (Å²) in [6.07, 6.45) is 8.46. The minimum absolute atomic E-state index is 0.0511. The van der Waals surface area contributed by atoms with Gasteiger partial charge < -0.3 is 10.1 Å². The number of amides is 1. The van der Waals surface area contributed by atoms with Crippen LogP contribution in [0.2, 0.25) is 0 Å². The minimum atomic E-state index is 0.0511. The van der Waals surface area contributed by atoms with Gasteiger partial charge in [0.2, 0.25) is 5.91 Å². The minimum Gasteiger partial charge on any atom is -0.494 e. The number of allylic oxidation sites excluding steroid dienone is 1. The number of ether oxygens (including phenoxy) is 1. The van der Waals surface area contributed by atoms with E-state index in [1.165, 1.54) is 19.3 Å². The van der Waals surface area contributed by atoms with Crippen LogP contribution in [0.15, 0.2) is 36.4 Å². The fourth-order valence-corrected chi connectivity index (χ4v) is 3.56. The largest absolute Gasteiger partial charge is 0.494 e. The molecule has 0 unspecified atom stereocenters. The van der Waals surface area contributed by atoms with Crippen LogP contribution in [0.3, 0.4) is 0 Å².